The van der Waals surface area contributed by atoms with E-state index in [0.717, 1.165) is 43.7 Å². The number of aliphatic hydroxyl groups is 1. The molecule has 0 saturated carbocycles. The number of hydrogen-bond donors (Lipinski definition) is 4. The number of H-pyrrole nitrogens is 1. The maximum atomic E-state index is 13.3. The molecular weight excluding hydrogens is 1900 g/mol. The number of nitrogens with two attached hydrogens (primary N) is 1. The van der Waals surface area contributed by atoms with Gasteiger partial charge in [0.1, 0.15) is 20.5 Å². The monoisotopic (exact) mass is 1950 g/mol. The smallest absolute Gasteiger partial charge is 0.237 e. The molecule has 8 heterocycles. The zero-order valence-corrected chi connectivity index (χ0v) is 60.9. The van der Waals surface area contributed by atoms with Crippen LogP contribution in [0.2, 0.25) is 19.6 Å². The number of aromatic amines is 1. The summed E-state index contributed by atoms with van der Waals surface area (Å²) in [5.41, 5.74) is 6.64. The van der Waals surface area contributed by atoms with Crippen LogP contribution in [0.15, 0.2) is 67.0 Å². The van der Waals surface area contributed by atoms with Crippen molar-refractivity contribution < 1.29 is 41.4 Å². The van der Waals surface area contributed by atoms with E-state index in [-0.39, 0.29) is 23.1 Å². The SMILES string of the molecule is CC#N.CCC(I)I.CI.C[Si](C)(C)C#CC=O.Cn1ncc2c(C(=O)CO)c(F)cnc21.Cn1ncc2c(I)c(F)cnc21.Fc1cnc(CN=CC#CI)nc1.Fc1cnc2[nH]ncc2c1I.NNc1ncc(F)cn1.O=CC#CI. The summed E-state index contributed by atoms with van der Waals surface area (Å²) in [7, 11) is 2.15. The number of aromatic nitrogens is 13. The van der Waals surface area contributed by atoms with Crippen molar-refractivity contribution in [2.24, 2.45) is 24.9 Å². The fourth-order valence-corrected chi connectivity index (χ4v) is 6.41. The Balaban J connectivity index is 0. The van der Waals surface area contributed by atoms with Crippen LogP contribution in [0, 0.1) is 78.7 Å². The molecular formula is C49H49F5I7N17O4Si. The first-order chi connectivity index (χ1) is 39.4. The number of fused-ring (bicyclic) bond motifs is 3. The van der Waals surface area contributed by atoms with Gasteiger partial charge in [-0.25, -0.2) is 62.7 Å². The van der Waals surface area contributed by atoms with E-state index in [4.69, 9.17) is 16.2 Å². The van der Waals surface area contributed by atoms with Crippen LogP contribution in [-0.4, -0.2) is 116 Å². The minimum Gasteiger partial charge on any atom is -0.388 e. The molecule has 0 aromatic carbocycles. The average Bonchev–Trinajstić information content (AvgIpc) is 4.43. The molecule has 8 aromatic heterocycles. The van der Waals surface area contributed by atoms with E-state index in [9.17, 15) is 36.3 Å². The van der Waals surface area contributed by atoms with Gasteiger partial charge in [-0.3, -0.25) is 39.3 Å². The number of halogens is 12. The van der Waals surface area contributed by atoms with Crippen LogP contribution < -0.4 is 11.3 Å². The van der Waals surface area contributed by atoms with Gasteiger partial charge in [0.05, 0.1) is 112 Å². The summed E-state index contributed by atoms with van der Waals surface area (Å²) >= 11 is 14.5. The zero-order chi connectivity index (χ0) is 63.5. The maximum Gasteiger partial charge on any atom is 0.237 e. The zero-order valence-electron chi connectivity index (χ0n) is 44.8. The van der Waals surface area contributed by atoms with Crippen molar-refractivity contribution in [3.8, 4) is 37.2 Å². The van der Waals surface area contributed by atoms with Crippen LogP contribution in [-0.2, 0) is 30.2 Å². The van der Waals surface area contributed by atoms with E-state index in [1.165, 1.54) is 42.8 Å². The number of ketones is 1. The van der Waals surface area contributed by atoms with E-state index in [2.05, 4.69) is 191 Å². The van der Waals surface area contributed by atoms with Gasteiger partial charge in [-0.05, 0) is 82.1 Å². The van der Waals surface area contributed by atoms with Crippen molar-refractivity contribution in [1.82, 2.24) is 64.6 Å². The number of anilines is 1. The van der Waals surface area contributed by atoms with Crippen molar-refractivity contribution in [3.63, 3.8) is 0 Å². The number of nitrogens with zero attached hydrogens (tertiary/aromatic N) is 14. The second kappa shape index (κ2) is 47.8. The molecule has 34 heteroatoms. The van der Waals surface area contributed by atoms with Gasteiger partial charge in [0.15, 0.2) is 64.4 Å². The third kappa shape index (κ3) is 34.3. The fourth-order valence-electron chi connectivity index (χ4n) is 4.59. The summed E-state index contributed by atoms with van der Waals surface area (Å²) in [6.07, 6.45) is 16.1. The van der Waals surface area contributed by atoms with Gasteiger partial charge < -0.3 is 5.11 Å². The summed E-state index contributed by atoms with van der Waals surface area (Å²) in [5, 5.41) is 32.1. The molecule has 0 atom stereocenters. The third-order valence-electron chi connectivity index (χ3n) is 7.96. The Labute approximate surface area is 571 Å². The van der Waals surface area contributed by atoms with E-state index in [0.29, 0.717) is 54.4 Å². The number of nitrogens with one attached hydrogen (secondary N) is 2. The summed E-state index contributed by atoms with van der Waals surface area (Å²) in [4.78, 5) is 62.0. The number of carbonyl (C=O) groups is 3. The molecule has 0 amide bonds. The second-order valence-electron chi connectivity index (χ2n) is 15.0. The number of hydrazine groups is 1. The molecule has 0 saturated heterocycles. The van der Waals surface area contributed by atoms with Gasteiger partial charge in [-0.2, -0.15) is 20.6 Å². The molecule has 0 unspecified atom stereocenters. The molecule has 21 nitrogen and oxygen atoms in total. The van der Waals surface area contributed by atoms with Gasteiger partial charge in [-0.1, -0.05) is 94.3 Å². The highest BCUT2D eigenvalue weighted by Crippen LogP contribution is 2.21. The number of Topliss-reactive ketones (excluding diaryl/α,β-unsaturated/α-hetero) is 1. The average molecular weight is 1950 g/mol. The van der Waals surface area contributed by atoms with Crippen LogP contribution in [0.5, 0.6) is 0 Å². The fraction of sp³-hybridized carbons (Fsp3) is 0.245. The Morgan fingerprint density at radius 2 is 1.22 bits per heavy atom. The molecule has 0 radical (unpaired) electrons. The standard InChI is InChI=1S/C9H8FN3O2.C8H5FIN3.C7H5FIN3.C6H3FIN3.C6H10OSi.C4H5FN4.C3H6I2.C3HIO.C2H3N.CH3I/c1-13-9-5(2-12-13)8(7(15)4-14)6(10)3-11-9;9-7-4-12-8(13-5-7)6-11-3-1-2-10;1-12-7-4(2-11-12)6(9)5(8)3-10-7;7-4-2-9-6-3(5(4)8)1-10-11-6;1-8(2,3)6-4-5-7;5-3-1-7-4(9-6)8-2-3;1-2-3(4)5;4-2-1-3-5;1-2-3;1-2/h2-3,14H,4H2,1H3;3-5H,6H2;2-3H,1H3;1-2H,(H,9,10,11);5H,1-3H3;1-2H,6H2,(H,7,8,9);3H,2H2,1H3;3H;1H3;1H3. The summed E-state index contributed by atoms with van der Waals surface area (Å²) in [6.45, 7) is 9.51. The Hall–Kier alpha value is -4.43. The Bertz CT molecular complexity index is 3500. The largest absolute Gasteiger partial charge is 0.388 e. The van der Waals surface area contributed by atoms with E-state index >= 15 is 0 Å². The predicted molar refractivity (Wildman–Crippen MR) is 372 cm³/mol. The number of aryl methyl sites for hydroxylation is 2. The minimum atomic E-state index is -1.27. The molecule has 5 N–H and O–H groups in total. The first-order valence-corrected chi connectivity index (χ1v) is 34.7. The third-order valence-corrected chi connectivity index (χ3v) is 13.4. The van der Waals surface area contributed by atoms with Gasteiger partial charge in [-0.15, -0.1) is 5.54 Å². The van der Waals surface area contributed by atoms with Crippen LogP contribution in [0.1, 0.15) is 36.5 Å². The number of hydrogen-bond acceptors (Lipinski definition) is 18. The van der Waals surface area contributed by atoms with Crippen molar-refractivity contribution in [2.75, 3.05) is 17.0 Å². The van der Waals surface area contributed by atoms with Crippen molar-refractivity contribution >= 4 is 230 Å². The van der Waals surface area contributed by atoms with Gasteiger partial charge in [0.25, 0.3) is 0 Å². The number of nitriles is 1. The predicted octanol–water partition coefficient (Wildman–Crippen LogP) is 11.0. The lowest BCUT2D eigenvalue weighted by molar-refractivity contribution is -0.104. The number of aliphatic imine (C=N–C) groups is 1. The van der Waals surface area contributed by atoms with Crippen LogP contribution in [0.3, 0.4) is 0 Å². The Morgan fingerprint density at radius 3 is 1.65 bits per heavy atom. The molecule has 83 heavy (non-hydrogen) atoms. The number of rotatable bonds is 6. The Kier molecular flexibility index (Phi) is 46.4. The lowest BCUT2D eigenvalue weighted by Gasteiger charge is -2.01. The molecule has 442 valence electrons. The molecule has 0 bridgehead atoms. The van der Waals surface area contributed by atoms with Gasteiger partial charge >= 0.3 is 0 Å². The summed E-state index contributed by atoms with van der Waals surface area (Å²) in [6, 6.07) is 1.75. The highest BCUT2D eigenvalue weighted by molar-refractivity contribution is 14.2. The second-order valence-corrected chi connectivity index (χ2v) is 28.3. The highest BCUT2D eigenvalue weighted by atomic mass is 127. The van der Waals surface area contributed by atoms with E-state index in [1.54, 1.807) is 59.8 Å². The normalized spacial score (nSPS) is 9.37. The van der Waals surface area contributed by atoms with Gasteiger partial charge in [0.2, 0.25) is 5.95 Å². The summed E-state index contributed by atoms with van der Waals surface area (Å²) in [5.74, 6) is 9.88. The Morgan fingerprint density at radius 1 is 0.759 bits per heavy atom. The van der Waals surface area contributed by atoms with Gasteiger partial charge in [0, 0.05) is 66.2 Å². The van der Waals surface area contributed by atoms with Crippen LogP contribution in [0.25, 0.3) is 33.1 Å². The number of aliphatic hydroxyl groups excluding tert-OH is 1. The molecule has 0 fully saturated rings. The molecule has 8 aromatic rings. The van der Waals surface area contributed by atoms with E-state index < -0.39 is 37.9 Å². The quantitative estimate of drug-likeness (QED) is 0.0115. The van der Waals surface area contributed by atoms with Crippen molar-refractivity contribution in [3.05, 3.63) is 110 Å². The molecule has 0 aliphatic heterocycles. The molecule has 0 aliphatic carbocycles. The maximum absolute atomic E-state index is 13.3. The minimum absolute atomic E-state index is 0.157. The summed E-state index contributed by atoms with van der Waals surface area (Å²) < 4.78 is 73.5. The molecule has 8 rings (SSSR count). The number of aldehydes is 2. The first-order valence-electron chi connectivity index (χ1n) is 22.3. The first kappa shape index (κ1) is 80.6. The lowest BCUT2D eigenvalue weighted by Crippen LogP contribution is -2.16. The lowest BCUT2D eigenvalue weighted by atomic mass is 10.1. The molecule has 0 aliphatic rings. The van der Waals surface area contributed by atoms with Crippen LogP contribution in [0.4, 0.5) is 27.9 Å². The number of nitrogen functional groups attached to an aromatic ring is 1. The topological polar surface area (TPSA) is 300 Å². The van der Waals surface area contributed by atoms with Crippen molar-refractivity contribution in [1.29, 1.82) is 5.26 Å². The number of pyridine rings is 3. The van der Waals surface area contributed by atoms with Crippen molar-refractivity contribution in [2.45, 2.75) is 48.4 Å². The van der Waals surface area contributed by atoms with Crippen LogP contribution >= 0.6 is 158 Å². The molecule has 0 spiro atoms. The van der Waals surface area contributed by atoms with E-state index in [1.807, 2.05) is 72.7 Å². The number of alkyl halides is 3. The number of carbonyl (C=O) groups excluding carboxylic acids is 3. The highest BCUT2D eigenvalue weighted by Gasteiger charge is 2.18.